The predicted octanol–water partition coefficient (Wildman–Crippen LogP) is 5.97. The van der Waals surface area contributed by atoms with Crippen LogP contribution in [-0.4, -0.2) is 23.7 Å². The van der Waals surface area contributed by atoms with Crippen molar-refractivity contribution in [2.75, 3.05) is 6.61 Å². The van der Waals surface area contributed by atoms with Crippen LogP contribution in [0.15, 0.2) is 78.0 Å². The Bertz CT molecular complexity index is 1220. The van der Waals surface area contributed by atoms with Crippen molar-refractivity contribution in [3.8, 4) is 5.75 Å². The van der Waals surface area contributed by atoms with Crippen LogP contribution in [0.5, 0.6) is 5.75 Å². The summed E-state index contributed by atoms with van der Waals surface area (Å²) in [7, 11) is 0. The number of rotatable bonds is 7. The van der Waals surface area contributed by atoms with Crippen LogP contribution in [0.2, 0.25) is 0 Å². The molecule has 0 aliphatic carbocycles. The number of hydrogen-bond donors (Lipinski definition) is 1. The highest BCUT2D eigenvalue weighted by Gasteiger charge is 2.10. The molecule has 0 aliphatic heterocycles. The number of carbonyl (C=O) groups is 1. The Labute approximate surface area is 189 Å². The van der Waals surface area contributed by atoms with Gasteiger partial charge in [-0.15, -0.1) is 11.3 Å². The molecular weight excluding hydrogens is 486 g/mol. The Morgan fingerprint density at radius 2 is 2.20 bits per heavy atom. The second-order valence-corrected chi connectivity index (χ2v) is 9.21. The lowest BCUT2D eigenvalue weighted by Crippen LogP contribution is -2.17. The number of furan rings is 1. The molecule has 152 valence electrons. The first-order valence-corrected chi connectivity index (χ1v) is 11.4. The average Bonchev–Trinajstić information content (AvgIpc) is 3.34. The van der Waals surface area contributed by atoms with Gasteiger partial charge in [0.2, 0.25) is 0 Å². The Morgan fingerprint density at radius 1 is 1.30 bits per heavy atom. The molecule has 1 amide bonds. The molecule has 6 nitrogen and oxygen atoms in total. The number of thiazole rings is 1. The van der Waals surface area contributed by atoms with Gasteiger partial charge in [0.1, 0.15) is 11.5 Å². The molecule has 0 unspecified atom stereocenters. The first kappa shape index (κ1) is 20.6. The number of carbonyl (C=O) groups excluding carboxylic acids is 1. The molecule has 2 aromatic heterocycles. The van der Waals surface area contributed by atoms with Gasteiger partial charge in [0.15, 0.2) is 9.43 Å². The zero-order valence-electron chi connectivity index (χ0n) is 15.8. The molecule has 0 saturated heterocycles. The van der Waals surface area contributed by atoms with Crippen molar-refractivity contribution in [3.63, 3.8) is 0 Å². The smallest absolute Gasteiger partial charge is 0.271 e. The SMILES string of the molecule is CCOc1ccc2nc(Sc3ccc(/C=N\NC(=O)c4cccc(Br)c4)o3)sc2c1. The minimum atomic E-state index is -0.297. The second-order valence-electron chi connectivity index (χ2n) is 6.01. The Hall–Kier alpha value is -2.62. The summed E-state index contributed by atoms with van der Waals surface area (Å²) < 4.78 is 14.1. The fourth-order valence-electron chi connectivity index (χ4n) is 2.58. The van der Waals surface area contributed by atoms with Gasteiger partial charge >= 0.3 is 0 Å². The van der Waals surface area contributed by atoms with E-state index in [9.17, 15) is 4.79 Å². The van der Waals surface area contributed by atoms with E-state index >= 15 is 0 Å². The minimum Gasteiger partial charge on any atom is -0.494 e. The summed E-state index contributed by atoms with van der Waals surface area (Å²) in [6, 6.07) is 16.6. The number of aromatic nitrogens is 1. The van der Waals surface area contributed by atoms with E-state index in [4.69, 9.17) is 9.15 Å². The molecule has 0 atom stereocenters. The van der Waals surface area contributed by atoms with Crippen molar-refractivity contribution < 1.29 is 13.9 Å². The van der Waals surface area contributed by atoms with Crippen LogP contribution in [0, 0.1) is 0 Å². The highest BCUT2D eigenvalue weighted by atomic mass is 79.9. The first-order valence-electron chi connectivity index (χ1n) is 9.01. The van der Waals surface area contributed by atoms with Crippen molar-refractivity contribution in [2.24, 2.45) is 5.10 Å². The van der Waals surface area contributed by atoms with Gasteiger partial charge in [-0.2, -0.15) is 5.10 Å². The number of amides is 1. The summed E-state index contributed by atoms with van der Waals surface area (Å²) in [4.78, 5) is 16.7. The third-order valence-corrected chi connectivity index (χ3v) is 6.38. The fraction of sp³-hybridized carbons (Fsp3) is 0.0952. The number of benzene rings is 2. The van der Waals surface area contributed by atoms with Gasteiger partial charge in [0.25, 0.3) is 5.91 Å². The lowest BCUT2D eigenvalue weighted by Gasteiger charge is -2.00. The lowest BCUT2D eigenvalue weighted by atomic mass is 10.2. The largest absolute Gasteiger partial charge is 0.494 e. The van der Waals surface area contributed by atoms with Crippen LogP contribution in [0.25, 0.3) is 10.2 Å². The standard InChI is InChI=1S/C21H16BrN3O3S2/c1-2-27-15-6-8-17-18(11-15)29-21(24-17)30-19-9-7-16(28-19)12-23-25-20(26)13-4-3-5-14(22)10-13/h3-12H,2H2,1H3,(H,25,26)/b23-12-. The fourth-order valence-corrected chi connectivity index (χ4v) is 4.97. The molecule has 30 heavy (non-hydrogen) atoms. The highest BCUT2D eigenvalue weighted by molar-refractivity contribution is 9.10. The van der Waals surface area contributed by atoms with E-state index in [-0.39, 0.29) is 5.91 Å². The Balaban J connectivity index is 1.38. The van der Waals surface area contributed by atoms with E-state index in [0.717, 1.165) is 24.8 Å². The number of nitrogens with one attached hydrogen (secondary N) is 1. The summed E-state index contributed by atoms with van der Waals surface area (Å²) in [5, 5.41) is 4.65. The normalized spacial score (nSPS) is 11.3. The molecule has 4 aromatic rings. The third kappa shape index (κ3) is 5.10. The van der Waals surface area contributed by atoms with E-state index in [2.05, 4.69) is 31.4 Å². The zero-order valence-corrected chi connectivity index (χ0v) is 19.0. The van der Waals surface area contributed by atoms with Gasteiger partial charge in [-0.1, -0.05) is 22.0 Å². The van der Waals surface area contributed by atoms with Crippen LogP contribution in [0.3, 0.4) is 0 Å². The number of ether oxygens (including phenoxy) is 1. The monoisotopic (exact) mass is 501 g/mol. The average molecular weight is 502 g/mol. The lowest BCUT2D eigenvalue weighted by molar-refractivity contribution is 0.0955. The molecule has 0 saturated carbocycles. The molecule has 2 heterocycles. The number of nitrogens with zero attached hydrogens (tertiary/aromatic N) is 2. The molecule has 1 N–H and O–H groups in total. The van der Waals surface area contributed by atoms with Crippen LogP contribution >= 0.6 is 39.0 Å². The van der Waals surface area contributed by atoms with E-state index in [0.29, 0.717) is 23.0 Å². The number of fused-ring (bicyclic) bond motifs is 1. The van der Waals surface area contributed by atoms with Crippen LogP contribution in [0.4, 0.5) is 0 Å². The van der Waals surface area contributed by atoms with Gasteiger partial charge in [0, 0.05) is 10.0 Å². The second kappa shape index (κ2) is 9.46. The van der Waals surface area contributed by atoms with E-state index in [1.165, 1.54) is 18.0 Å². The molecule has 0 radical (unpaired) electrons. The molecule has 0 fully saturated rings. The van der Waals surface area contributed by atoms with Gasteiger partial charge in [-0.3, -0.25) is 4.79 Å². The predicted molar refractivity (Wildman–Crippen MR) is 123 cm³/mol. The zero-order chi connectivity index (χ0) is 20.9. The number of hydrazone groups is 1. The molecule has 0 spiro atoms. The number of halogens is 1. The molecule has 9 heteroatoms. The maximum atomic E-state index is 12.1. The summed E-state index contributed by atoms with van der Waals surface area (Å²) in [5.41, 5.74) is 3.93. The highest BCUT2D eigenvalue weighted by Crippen LogP contribution is 2.36. The van der Waals surface area contributed by atoms with Crippen LogP contribution in [-0.2, 0) is 0 Å². The van der Waals surface area contributed by atoms with Crippen molar-refractivity contribution in [2.45, 2.75) is 16.4 Å². The molecule has 4 rings (SSSR count). The van der Waals surface area contributed by atoms with Crippen molar-refractivity contribution in [1.82, 2.24) is 10.4 Å². The van der Waals surface area contributed by atoms with Crippen molar-refractivity contribution in [3.05, 3.63) is 70.4 Å². The summed E-state index contributed by atoms with van der Waals surface area (Å²) in [5.74, 6) is 1.08. The van der Waals surface area contributed by atoms with Crippen molar-refractivity contribution in [1.29, 1.82) is 0 Å². The Kier molecular flexibility index (Phi) is 6.51. The first-order chi connectivity index (χ1) is 14.6. The summed E-state index contributed by atoms with van der Waals surface area (Å²) >= 11 is 6.36. The Morgan fingerprint density at radius 3 is 3.03 bits per heavy atom. The molecule has 2 aromatic carbocycles. The summed E-state index contributed by atoms with van der Waals surface area (Å²) in [6.07, 6.45) is 1.46. The van der Waals surface area contributed by atoms with E-state index < -0.39 is 0 Å². The minimum absolute atomic E-state index is 0.297. The summed E-state index contributed by atoms with van der Waals surface area (Å²) in [6.45, 7) is 2.59. The topological polar surface area (TPSA) is 76.7 Å². The van der Waals surface area contributed by atoms with Gasteiger partial charge < -0.3 is 9.15 Å². The maximum Gasteiger partial charge on any atom is 0.271 e. The number of hydrogen-bond acceptors (Lipinski definition) is 7. The van der Waals surface area contributed by atoms with Crippen molar-refractivity contribution >= 4 is 61.4 Å². The van der Waals surface area contributed by atoms with Gasteiger partial charge in [0.05, 0.1) is 23.0 Å². The quantitative estimate of drug-likeness (QED) is 0.249. The third-order valence-electron chi connectivity index (χ3n) is 3.89. The van der Waals surface area contributed by atoms with Gasteiger partial charge in [-0.25, -0.2) is 10.4 Å². The van der Waals surface area contributed by atoms with E-state index in [1.54, 1.807) is 35.6 Å². The van der Waals surface area contributed by atoms with E-state index in [1.807, 2.05) is 37.3 Å². The molecule has 0 bridgehead atoms. The van der Waals surface area contributed by atoms with Gasteiger partial charge in [-0.05, 0) is 67.2 Å². The van der Waals surface area contributed by atoms with Crippen LogP contribution in [0.1, 0.15) is 23.0 Å². The molecular formula is C21H16BrN3O3S2. The van der Waals surface area contributed by atoms with Crippen LogP contribution < -0.4 is 10.2 Å². The maximum absolute atomic E-state index is 12.1. The molecule has 0 aliphatic rings.